The minimum absolute atomic E-state index is 0.0912. The van der Waals surface area contributed by atoms with Gasteiger partial charge in [0, 0.05) is 13.0 Å². The molecule has 3 rings (SSSR count). The Bertz CT molecular complexity index is 926. The van der Waals surface area contributed by atoms with Crippen LogP contribution in [0.4, 0.5) is 4.79 Å². The molecule has 1 aromatic carbocycles. The Balaban J connectivity index is 1.85. The minimum atomic E-state index is -0.547. The Kier molecular flexibility index (Phi) is 5.51. The van der Waals surface area contributed by atoms with Crippen molar-refractivity contribution in [3.05, 3.63) is 35.0 Å². The fourth-order valence-electron chi connectivity index (χ4n) is 2.99. The van der Waals surface area contributed by atoms with Crippen molar-refractivity contribution in [2.24, 2.45) is 16.7 Å². The molecule has 2 heterocycles. The molecule has 1 aliphatic rings. The van der Waals surface area contributed by atoms with Crippen molar-refractivity contribution in [2.45, 2.75) is 38.9 Å². The van der Waals surface area contributed by atoms with Crippen LogP contribution in [-0.2, 0) is 4.74 Å². The Hall–Kier alpha value is -2.74. The van der Waals surface area contributed by atoms with Gasteiger partial charge in [-0.25, -0.2) is 9.78 Å². The number of carbonyl (C=O) groups excluding carboxylic acids is 1. The molecule has 4 N–H and O–H groups in total. The average molecular weight is 406 g/mol. The lowest BCUT2D eigenvalue weighted by Gasteiger charge is -2.24. The molecule has 1 saturated heterocycles. The van der Waals surface area contributed by atoms with Gasteiger partial charge in [0.15, 0.2) is 5.84 Å². The summed E-state index contributed by atoms with van der Waals surface area (Å²) in [6.45, 7) is 6.44. The third-order valence-corrected chi connectivity index (χ3v) is 4.57. The van der Waals surface area contributed by atoms with Crippen LogP contribution in [0.2, 0.25) is 5.02 Å². The standard InChI is InChI=1S/C19H24ClN5O3/c1-19(2,3)28-18(26)25-8-7-12(10-25)27-17-15-11(5-4-6-13(15)20)9-14(23-17)16(21)24-22/h4-6,9,12H,7-8,10,22H2,1-3H3,(H2,21,24)/t12-/m0/s1. The van der Waals surface area contributed by atoms with Crippen LogP contribution in [-0.4, -0.2) is 46.6 Å². The number of amides is 1. The highest BCUT2D eigenvalue weighted by Crippen LogP contribution is 2.33. The van der Waals surface area contributed by atoms with E-state index in [0.717, 1.165) is 5.39 Å². The second kappa shape index (κ2) is 7.71. The first kappa shape index (κ1) is 20.0. The van der Waals surface area contributed by atoms with Crippen LogP contribution in [0.25, 0.3) is 10.8 Å². The number of halogens is 1. The van der Waals surface area contributed by atoms with Crippen LogP contribution in [0.5, 0.6) is 5.88 Å². The van der Waals surface area contributed by atoms with Gasteiger partial charge in [0.05, 0.1) is 17.0 Å². The number of likely N-dealkylation sites (tertiary alicyclic amines) is 1. The molecular weight excluding hydrogens is 382 g/mol. The summed E-state index contributed by atoms with van der Waals surface area (Å²) >= 11 is 6.37. The van der Waals surface area contributed by atoms with Gasteiger partial charge in [0.25, 0.3) is 0 Å². The van der Waals surface area contributed by atoms with Crippen molar-refractivity contribution in [2.75, 3.05) is 13.1 Å². The highest BCUT2D eigenvalue weighted by atomic mass is 35.5. The Morgan fingerprint density at radius 3 is 2.82 bits per heavy atom. The van der Waals surface area contributed by atoms with Crippen molar-refractivity contribution < 1.29 is 14.3 Å². The summed E-state index contributed by atoms with van der Waals surface area (Å²) in [5.41, 5.74) is 5.68. The summed E-state index contributed by atoms with van der Waals surface area (Å²) in [5.74, 6) is 5.72. The number of rotatable bonds is 3. The number of aromatic nitrogens is 1. The van der Waals surface area contributed by atoms with E-state index in [1.165, 1.54) is 0 Å². The SMILES string of the molecule is CC(C)(C)OC(=O)N1CC[C@H](Oc2nc(/C(N)=N/N)cc3cccc(Cl)c23)C1. The molecule has 1 amide bonds. The number of ether oxygens (including phenoxy) is 2. The van der Waals surface area contributed by atoms with Gasteiger partial charge >= 0.3 is 6.09 Å². The summed E-state index contributed by atoms with van der Waals surface area (Å²) in [6.07, 6.45) is 0.0471. The third-order valence-electron chi connectivity index (χ3n) is 4.25. The van der Waals surface area contributed by atoms with Crippen molar-refractivity contribution in [1.82, 2.24) is 9.88 Å². The van der Waals surface area contributed by atoms with Gasteiger partial charge in [0.1, 0.15) is 17.4 Å². The van der Waals surface area contributed by atoms with Crippen molar-refractivity contribution in [1.29, 1.82) is 0 Å². The average Bonchev–Trinajstić information content (AvgIpc) is 3.08. The molecule has 0 aliphatic carbocycles. The van der Waals surface area contributed by atoms with E-state index in [-0.39, 0.29) is 18.0 Å². The predicted octanol–water partition coefficient (Wildman–Crippen LogP) is 2.86. The number of fused-ring (bicyclic) bond motifs is 1. The lowest BCUT2D eigenvalue weighted by Crippen LogP contribution is -2.36. The number of hydrogen-bond acceptors (Lipinski definition) is 6. The first-order valence-corrected chi connectivity index (χ1v) is 9.33. The van der Waals surface area contributed by atoms with Gasteiger partial charge in [-0.15, -0.1) is 0 Å². The third kappa shape index (κ3) is 4.39. The molecule has 150 valence electrons. The van der Waals surface area contributed by atoms with E-state index in [0.29, 0.717) is 41.5 Å². The highest BCUT2D eigenvalue weighted by molar-refractivity contribution is 6.36. The van der Waals surface area contributed by atoms with E-state index in [9.17, 15) is 4.79 Å². The van der Waals surface area contributed by atoms with E-state index in [4.69, 9.17) is 32.7 Å². The molecule has 0 saturated carbocycles. The molecule has 0 unspecified atom stereocenters. The van der Waals surface area contributed by atoms with Crippen LogP contribution < -0.4 is 16.3 Å². The molecule has 1 aliphatic heterocycles. The van der Waals surface area contributed by atoms with Crippen LogP contribution in [0.15, 0.2) is 29.4 Å². The van der Waals surface area contributed by atoms with E-state index in [1.54, 1.807) is 17.0 Å². The van der Waals surface area contributed by atoms with E-state index < -0.39 is 5.60 Å². The molecule has 1 fully saturated rings. The number of hydrazone groups is 1. The first-order chi connectivity index (χ1) is 13.2. The molecule has 2 aromatic rings. The summed E-state index contributed by atoms with van der Waals surface area (Å²) in [7, 11) is 0. The zero-order valence-electron chi connectivity index (χ0n) is 16.1. The van der Waals surface area contributed by atoms with Gasteiger partial charge in [-0.05, 0) is 38.3 Å². The maximum atomic E-state index is 12.3. The quantitative estimate of drug-likeness (QED) is 0.351. The fraction of sp³-hybridized carbons (Fsp3) is 0.421. The van der Waals surface area contributed by atoms with Crippen molar-refractivity contribution in [3.8, 4) is 5.88 Å². The zero-order valence-corrected chi connectivity index (χ0v) is 16.9. The van der Waals surface area contributed by atoms with Crippen LogP contribution in [0, 0.1) is 0 Å². The maximum Gasteiger partial charge on any atom is 0.410 e. The van der Waals surface area contributed by atoms with Crippen molar-refractivity contribution in [3.63, 3.8) is 0 Å². The molecule has 0 bridgehead atoms. The first-order valence-electron chi connectivity index (χ1n) is 8.95. The van der Waals surface area contributed by atoms with Crippen LogP contribution in [0.3, 0.4) is 0 Å². The molecule has 28 heavy (non-hydrogen) atoms. The summed E-state index contributed by atoms with van der Waals surface area (Å²) in [6, 6.07) is 7.22. The smallest absolute Gasteiger partial charge is 0.410 e. The summed E-state index contributed by atoms with van der Waals surface area (Å²) < 4.78 is 11.5. The molecule has 1 atom stereocenters. The maximum absolute atomic E-state index is 12.3. The largest absolute Gasteiger partial charge is 0.472 e. The van der Waals surface area contributed by atoms with Crippen molar-refractivity contribution >= 4 is 34.3 Å². The highest BCUT2D eigenvalue weighted by Gasteiger charge is 2.31. The van der Waals surface area contributed by atoms with Gasteiger partial charge in [0.2, 0.25) is 5.88 Å². The predicted molar refractivity (Wildman–Crippen MR) is 109 cm³/mol. The summed E-state index contributed by atoms with van der Waals surface area (Å²) in [4.78, 5) is 18.3. The Morgan fingerprint density at radius 1 is 1.39 bits per heavy atom. The number of nitrogens with two attached hydrogens (primary N) is 2. The monoisotopic (exact) mass is 405 g/mol. The molecule has 0 radical (unpaired) electrons. The number of benzene rings is 1. The number of amidine groups is 1. The molecule has 9 heteroatoms. The lowest BCUT2D eigenvalue weighted by atomic mass is 10.1. The van der Waals surface area contributed by atoms with Gasteiger partial charge in [-0.1, -0.05) is 23.7 Å². The molecule has 8 nitrogen and oxygen atoms in total. The fourth-order valence-corrected chi connectivity index (χ4v) is 3.25. The number of hydrogen-bond donors (Lipinski definition) is 2. The number of pyridine rings is 1. The zero-order chi connectivity index (χ0) is 20.5. The summed E-state index contributed by atoms with van der Waals surface area (Å²) in [5, 5.41) is 5.50. The van der Waals surface area contributed by atoms with E-state index in [2.05, 4.69) is 10.1 Å². The van der Waals surface area contributed by atoms with Gasteiger partial charge < -0.3 is 25.9 Å². The second-order valence-electron chi connectivity index (χ2n) is 7.62. The van der Waals surface area contributed by atoms with Gasteiger partial charge in [-0.3, -0.25) is 0 Å². The van der Waals surface area contributed by atoms with E-state index in [1.807, 2.05) is 32.9 Å². The normalized spacial score (nSPS) is 17.8. The Labute approximate surface area is 168 Å². The number of carbonyl (C=O) groups is 1. The molecule has 0 spiro atoms. The Morgan fingerprint density at radius 2 is 2.14 bits per heavy atom. The minimum Gasteiger partial charge on any atom is -0.472 e. The van der Waals surface area contributed by atoms with E-state index >= 15 is 0 Å². The molecule has 1 aromatic heterocycles. The van der Waals surface area contributed by atoms with Crippen LogP contribution in [0.1, 0.15) is 32.9 Å². The lowest BCUT2D eigenvalue weighted by molar-refractivity contribution is 0.0275. The number of nitrogens with zero attached hydrogens (tertiary/aromatic N) is 3. The second-order valence-corrected chi connectivity index (χ2v) is 8.03. The van der Waals surface area contributed by atoms with Crippen LogP contribution >= 0.6 is 11.6 Å². The van der Waals surface area contributed by atoms with Gasteiger partial charge in [-0.2, -0.15) is 5.10 Å². The molecular formula is C19H24ClN5O3. The topological polar surface area (TPSA) is 116 Å².